The maximum atomic E-state index is 12.3. The minimum atomic E-state index is -2.39. The van der Waals surface area contributed by atoms with Crippen molar-refractivity contribution in [1.29, 1.82) is 0 Å². The Kier molecular flexibility index (Phi) is 4.03. The van der Waals surface area contributed by atoms with Gasteiger partial charge in [0.2, 0.25) is 0 Å². The van der Waals surface area contributed by atoms with Gasteiger partial charge in [0.15, 0.2) is 0 Å². The van der Waals surface area contributed by atoms with E-state index in [0.717, 1.165) is 34.5 Å². The van der Waals surface area contributed by atoms with Crippen LogP contribution in [0, 0.1) is 0 Å². The summed E-state index contributed by atoms with van der Waals surface area (Å²) in [7, 11) is 0. The van der Waals surface area contributed by atoms with Gasteiger partial charge in [-0.05, 0) is 47.0 Å². The molecule has 1 aromatic heterocycles. The lowest BCUT2D eigenvalue weighted by Crippen LogP contribution is -1.95. The number of aromatic nitrogens is 2. The molecule has 2 aromatic rings. The zero-order valence-corrected chi connectivity index (χ0v) is 12.8. The molecule has 20 heavy (non-hydrogen) atoms. The van der Waals surface area contributed by atoms with E-state index in [1.165, 1.54) is 0 Å². The minimum Gasteiger partial charge on any atom is -0.233 e. The summed E-state index contributed by atoms with van der Waals surface area (Å²) in [5.41, 5.74) is 1.73. The van der Waals surface area contributed by atoms with Crippen molar-refractivity contribution in [2.75, 3.05) is 0 Å². The predicted molar refractivity (Wildman–Crippen MR) is 79.0 cm³/mol. The third-order valence-electron chi connectivity index (χ3n) is 3.03. The second kappa shape index (κ2) is 5.77. The van der Waals surface area contributed by atoms with Gasteiger partial charge in [-0.3, -0.25) is 0 Å². The maximum Gasteiger partial charge on any atom is 0.288 e. The summed E-state index contributed by atoms with van der Waals surface area (Å²) in [4.78, 5) is 9.50. The number of nitrogens with zero attached hydrogens (tertiary/aromatic N) is 2. The highest BCUT2D eigenvalue weighted by molar-refractivity contribution is 9.10. The molecule has 0 atom stereocenters. The van der Waals surface area contributed by atoms with Crippen molar-refractivity contribution in [3.63, 3.8) is 0 Å². The van der Waals surface area contributed by atoms with Crippen LogP contribution >= 0.6 is 27.7 Å². The molecular formula is C14H11BrF2N2S. The number of alkyl halides is 2. The van der Waals surface area contributed by atoms with Gasteiger partial charge in [0, 0.05) is 16.4 Å². The lowest BCUT2D eigenvalue weighted by molar-refractivity contribution is 0.252. The Bertz CT molecular complexity index is 615. The summed E-state index contributed by atoms with van der Waals surface area (Å²) >= 11 is 3.95. The first-order chi connectivity index (χ1) is 9.61. The van der Waals surface area contributed by atoms with Gasteiger partial charge in [-0.25, -0.2) is 9.97 Å². The largest absolute Gasteiger partial charge is 0.288 e. The second-order valence-electron chi connectivity index (χ2n) is 4.61. The summed E-state index contributed by atoms with van der Waals surface area (Å²) in [6.45, 7) is 0. The van der Waals surface area contributed by atoms with Crippen LogP contribution in [-0.2, 0) is 0 Å². The molecule has 2 nitrogen and oxygen atoms in total. The molecule has 0 bridgehead atoms. The SMILES string of the molecule is FC(F)Sc1ccc(-c2cc(Br)nc(C3CC3)n2)cc1. The van der Waals surface area contributed by atoms with E-state index in [-0.39, 0.29) is 0 Å². The first kappa shape index (κ1) is 13.9. The molecular weight excluding hydrogens is 346 g/mol. The third-order valence-corrected chi connectivity index (χ3v) is 4.16. The van der Waals surface area contributed by atoms with Crippen LogP contribution in [0.5, 0.6) is 0 Å². The molecule has 0 unspecified atom stereocenters. The highest BCUT2D eigenvalue weighted by atomic mass is 79.9. The molecule has 1 aliphatic carbocycles. The second-order valence-corrected chi connectivity index (χ2v) is 6.49. The number of benzene rings is 1. The van der Waals surface area contributed by atoms with Crippen LogP contribution in [0.2, 0.25) is 0 Å². The van der Waals surface area contributed by atoms with Gasteiger partial charge >= 0.3 is 0 Å². The van der Waals surface area contributed by atoms with E-state index in [0.29, 0.717) is 22.6 Å². The first-order valence-electron chi connectivity index (χ1n) is 6.21. The molecule has 0 amide bonds. The number of rotatable bonds is 4. The molecule has 0 aliphatic heterocycles. The van der Waals surface area contributed by atoms with Gasteiger partial charge in [-0.15, -0.1) is 0 Å². The van der Waals surface area contributed by atoms with E-state index in [1.807, 2.05) is 18.2 Å². The molecule has 0 saturated heterocycles. The monoisotopic (exact) mass is 356 g/mol. The predicted octanol–water partition coefficient (Wildman–Crippen LogP) is 5.10. The van der Waals surface area contributed by atoms with Gasteiger partial charge in [0.1, 0.15) is 10.4 Å². The summed E-state index contributed by atoms with van der Waals surface area (Å²) < 4.78 is 25.3. The van der Waals surface area contributed by atoms with Gasteiger partial charge in [0.05, 0.1) is 5.69 Å². The van der Waals surface area contributed by atoms with Crippen molar-refractivity contribution < 1.29 is 8.78 Å². The Hall–Kier alpha value is -1.01. The molecule has 1 fully saturated rings. The van der Waals surface area contributed by atoms with Crippen LogP contribution in [0.4, 0.5) is 8.78 Å². The van der Waals surface area contributed by atoms with Gasteiger partial charge in [-0.2, -0.15) is 8.78 Å². The van der Waals surface area contributed by atoms with Gasteiger partial charge in [-0.1, -0.05) is 23.9 Å². The smallest absolute Gasteiger partial charge is 0.233 e. The molecule has 1 heterocycles. The Morgan fingerprint density at radius 2 is 1.85 bits per heavy atom. The van der Waals surface area contributed by atoms with E-state index < -0.39 is 5.76 Å². The van der Waals surface area contributed by atoms with E-state index >= 15 is 0 Å². The van der Waals surface area contributed by atoms with E-state index in [4.69, 9.17) is 0 Å². The molecule has 6 heteroatoms. The Balaban J connectivity index is 1.88. The fourth-order valence-electron chi connectivity index (χ4n) is 1.91. The molecule has 1 aromatic carbocycles. The molecule has 0 spiro atoms. The molecule has 0 radical (unpaired) electrons. The average molecular weight is 357 g/mol. The van der Waals surface area contributed by atoms with Gasteiger partial charge in [0.25, 0.3) is 5.76 Å². The normalized spacial score (nSPS) is 14.8. The highest BCUT2D eigenvalue weighted by Gasteiger charge is 2.27. The Morgan fingerprint density at radius 1 is 1.15 bits per heavy atom. The first-order valence-corrected chi connectivity index (χ1v) is 7.89. The summed E-state index contributed by atoms with van der Waals surface area (Å²) in [6, 6.07) is 8.87. The molecule has 104 valence electrons. The number of hydrogen-bond donors (Lipinski definition) is 0. The van der Waals surface area contributed by atoms with Gasteiger partial charge < -0.3 is 0 Å². The standard InChI is InChI=1S/C14H11BrF2N2S/c15-12-7-11(18-13(19-12)9-1-2-9)8-3-5-10(6-4-8)20-14(16)17/h3-7,9,14H,1-2H2. The fourth-order valence-corrected chi connectivity index (χ4v) is 2.81. The zero-order valence-electron chi connectivity index (χ0n) is 10.4. The number of thioether (sulfide) groups is 1. The van der Waals surface area contributed by atoms with Crippen molar-refractivity contribution in [3.05, 3.63) is 40.8 Å². The van der Waals surface area contributed by atoms with Crippen LogP contribution in [-0.4, -0.2) is 15.7 Å². The van der Waals surface area contributed by atoms with Crippen LogP contribution in [0.3, 0.4) is 0 Å². The Labute approximate surface area is 128 Å². The fraction of sp³-hybridized carbons (Fsp3) is 0.286. The van der Waals surface area contributed by atoms with Crippen molar-refractivity contribution >= 4 is 27.7 Å². The highest BCUT2D eigenvalue weighted by Crippen LogP contribution is 2.39. The number of halogens is 3. The molecule has 1 aliphatic rings. The summed E-state index contributed by atoms with van der Waals surface area (Å²) in [5, 5.41) is 0. The van der Waals surface area contributed by atoms with E-state index in [2.05, 4.69) is 25.9 Å². The quantitative estimate of drug-likeness (QED) is 0.563. The maximum absolute atomic E-state index is 12.3. The topological polar surface area (TPSA) is 25.8 Å². The minimum absolute atomic E-state index is 0.472. The molecule has 3 rings (SSSR count). The zero-order chi connectivity index (χ0) is 14.1. The van der Waals surface area contributed by atoms with Crippen LogP contribution in [0.25, 0.3) is 11.3 Å². The average Bonchev–Trinajstić information content (AvgIpc) is 3.22. The van der Waals surface area contributed by atoms with Crippen molar-refractivity contribution in [1.82, 2.24) is 9.97 Å². The van der Waals surface area contributed by atoms with E-state index in [9.17, 15) is 8.78 Å². The third kappa shape index (κ3) is 3.35. The lowest BCUT2D eigenvalue weighted by atomic mass is 10.1. The van der Waals surface area contributed by atoms with Crippen LogP contribution < -0.4 is 0 Å². The summed E-state index contributed by atoms with van der Waals surface area (Å²) in [6.07, 6.45) is 2.28. The Morgan fingerprint density at radius 3 is 2.45 bits per heavy atom. The summed E-state index contributed by atoms with van der Waals surface area (Å²) in [5.74, 6) is -1.06. The van der Waals surface area contributed by atoms with Crippen molar-refractivity contribution in [2.45, 2.75) is 29.4 Å². The molecule has 1 saturated carbocycles. The molecule has 0 N–H and O–H groups in total. The van der Waals surface area contributed by atoms with Crippen molar-refractivity contribution in [2.24, 2.45) is 0 Å². The van der Waals surface area contributed by atoms with E-state index in [1.54, 1.807) is 12.1 Å². The number of hydrogen-bond acceptors (Lipinski definition) is 3. The van der Waals surface area contributed by atoms with Crippen molar-refractivity contribution in [3.8, 4) is 11.3 Å². The van der Waals surface area contributed by atoms with Crippen LogP contribution in [0.1, 0.15) is 24.6 Å². The van der Waals surface area contributed by atoms with Crippen LogP contribution in [0.15, 0.2) is 39.8 Å². The lowest BCUT2D eigenvalue weighted by Gasteiger charge is -2.06.